The van der Waals surface area contributed by atoms with Crippen LogP contribution in [-0.2, 0) is 4.79 Å². The minimum absolute atomic E-state index is 0.00848. The number of hydrogen-bond donors (Lipinski definition) is 1. The molecule has 1 aliphatic rings. The third kappa shape index (κ3) is 3.99. The fraction of sp³-hybridized carbons (Fsp3) is 0.556. The van der Waals surface area contributed by atoms with Gasteiger partial charge in [-0.25, -0.2) is 0 Å². The van der Waals surface area contributed by atoms with E-state index in [0.717, 1.165) is 25.7 Å². The summed E-state index contributed by atoms with van der Waals surface area (Å²) in [5, 5.41) is 2.92. The third-order valence-corrected chi connectivity index (χ3v) is 4.39. The molecule has 24 heavy (non-hydrogen) atoms. The minimum Gasteiger partial charge on any atom is -0.493 e. The van der Waals surface area contributed by atoms with Crippen molar-refractivity contribution < 1.29 is 19.1 Å². The number of benzene rings is 1. The number of carbonyl (C=O) groups excluding carboxylic acids is 2. The molecule has 0 unspecified atom stereocenters. The maximum absolute atomic E-state index is 12.6. The van der Waals surface area contributed by atoms with Gasteiger partial charge in [-0.15, -0.1) is 0 Å². The van der Waals surface area contributed by atoms with Crippen molar-refractivity contribution in [2.24, 2.45) is 5.92 Å². The maximum Gasteiger partial charge on any atom is 0.255 e. The highest BCUT2D eigenvalue weighted by Gasteiger charge is 2.24. The minimum atomic E-state index is -0.199. The van der Waals surface area contributed by atoms with Gasteiger partial charge in [-0.3, -0.25) is 9.59 Å². The molecule has 1 saturated carbocycles. The van der Waals surface area contributed by atoms with E-state index in [0.29, 0.717) is 22.7 Å². The zero-order valence-corrected chi connectivity index (χ0v) is 14.8. The molecule has 6 heteroatoms. The van der Waals surface area contributed by atoms with Gasteiger partial charge in [0.1, 0.15) is 0 Å². The lowest BCUT2D eigenvalue weighted by atomic mass is 9.88. The first-order valence-corrected chi connectivity index (χ1v) is 8.26. The quantitative estimate of drug-likeness (QED) is 0.899. The first-order valence-electron chi connectivity index (χ1n) is 8.26. The molecule has 0 spiro atoms. The van der Waals surface area contributed by atoms with Crippen molar-refractivity contribution in [1.29, 1.82) is 0 Å². The van der Waals surface area contributed by atoms with Crippen LogP contribution < -0.4 is 14.8 Å². The second-order valence-electron chi connectivity index (χ2n) is 6.28. The van der Waals surface area contributed by atoms with E-state index in [2.05, 4.69) is 5.32 Å². The van der Waals surface area contributed by atoms with Crippen LogP contribution in [0.5, 0.6) is 11.5 Å². The van der Waals surface area contributed by atoms with Gasteiger partial charge in [0.25, 0.3) is 5.91 Å². The number of rotatable bonds is 5. The summed E-state index contributed by atoms with van der Waals surface area (Å²) in [6.45, 7) is 0. The average molecular weight is 334 g/mol. The van der Waals surface area contributed by atoms with E-state index >= 15 is 0 Å². The third-order valence-electron chi connectivity index (χ3n) is 4.39. The Labute approximate surface area is 143 Å². The van der Waals surface area contributed by atoms with Crippen LogP contribution in [0.1, 0.15) is 42.5 Å². The monoisotopic (exact) mass is 334 g/mol. The Morgan fingerprint density at radius 1 is 1.04 bits per heavy atom. The lowest BCUT2D eigenvalue weighted by molar-refractivity contribution is -0.120. The highest BCUT2D eigenvalue weighted by molar-refractivity contribution is 6.04. The van der Waals surface area contributed by atoms with Gasteiger partial charge in [0, 0.05) is 26.1 Å². The summed E-state index contributed by atoms with van der Waals surface area (Å²) in [4.78, 5) is 26.5. The van der Waals surface area contributed by atoms with Gasteiger partial charge in [-0.05, 0) is 18.9 Å². The Balaban J connectivity index is 2.34. The number of amides is 2. The summed E-state index contributed by atoms with van der Waals surface area (Å²) >= 11 is 0. The van der Waals surface area contributed by atoms with Crippen molar-refractivity contribution in [3.05, 3.63) is 17.7 Å². The Bertz CT molecular complexity index is 607. The second kappa shape index (κ2) is 8.04. The molecule has 1 N–H and O–H groups in total. The van der Waals surface area contributed by atoms with E-state index in [1.54, 1.807) is 26.2 Å². The van der Waals surface area contributed by atoms with E-state index < -0.39 is 0 Å². The van der Waals surface area contributed by atoms with Crippen molar-refractivity contribution >= 4 is 17.5 Å². The Kier molecular flexibility index (Phi) is 6.06. The first-order chi connectivity index (χ1) is 11.5. The summed E-state index contributed by atoms with van der Waals surface area (Å²) < 4.78 is 10.6. The van der Waals surface area contributed by atoms with Crippen molar-refractivity contribution in [3.63, 3.8) is 0 Å². The highest BCUT2D eigenvalue weighted by atomic mass is 16.5. The molecule has 0 saturated heterocycles. The summed E-state index contributed by atoms with van der Waals surface area (Å²) in [6.07, 6.45) is 5.14. The summed E-state index contributed by atoms with van der Waals surface area (Å²) in [7, 11) is 6.39. The van der Waals surface area contributed by atoms with Gasteiger partial charge in [-0.2, -0.15) is 0 Å². The molecule has 6 nitrogen and oxygen atoms in total. The molecule has 2 rings (SSSR count). The molecular formula is C18H26N2O4. The number of ether oxygens (including phenoxy) is 2. The van der Waals surface area contributed by atoms with E-state index in [-0.39, 0.29) is 17.7 Å². The zero-order chi connectivity index (χ0) is 17.7. The summed E-state index contributed by atoms with van der Waals surface area (Å²) in [5.74, 6) is 0.712. The average Bonchev–Trinajstić information content (AvgIpc) is 2.61. The summed E-state index contributed by atoms with van der Waals surface area (Å²) in [5.41, 5.74) is 0.851. The van der Waals surface area contributed by atoms with Gasteiger partial charge < -0.3 is 19.7 Å². The number of carbonyl (C=O) groups is 2. The molecule has 132 valence electrons. The molecule has 0 aromatic heterocycles. The van der Waals surface area contributed by atoms with Crippen LogP contribution in [0.4, 0.5) is 5.69 Å². The van der Waals surface area contributed by atoms with Crippen LogP contribution >= 0.6 is 0 Å². The van der Waals surface area contributed by atoms with Crippen LogP contribution in [-0.4, -0.2) is 45.0 Å². The molecule has 0 bridgehead atoms. The Morgan fingerprint density at radius 2 is 1.62 bits per heavy atom. The van der Waals surface area contributed by atoms with Gasteiger partial charge in [0.15, 0.2) is 11.5 Å². The van der Waals surface area contributed by atoms with Crippen LogP contribution in [0, 0.1) is 5.92 Å². The smallest absolute Gasteiger partial charge is 0.255 e. The molecule has 0 aliphatic heterocycles. The fourth-order valence-electron chi connectivity index (χ4n) is 3.00. The number of nitrogens with zero attached hydrogens (tertiary/aromatic N) is 1. The number of anilines is 1. The highest BCUT2D eigenvalue weighted by Crippen LogP contribution is 2.34. The van der Waals surface area contributed by atoms with E-state index in [4.69, 9.17) is 9.47 Å². The molecular weight excluding hydrogens is 308 g/mol. The fourth-order valence-corrected chi connectivity index (χ4v) is 3.00. The standard InChI is InChI=1S/C18H26N2O4/c1-20(2)18(22)13-10-15(23-3)16(24-4)11-14(13)19-17(21)12-8-6-5-7-9-12/h10-12H,5-9H2,1-4H3,(H,19,21). The molecule has 1 fully saturated rings. The van der Waals surface area contributed by atoms with Crippen molar-refractivity contribution in [2.45, 2.75) is 32.1 Å². The van der Waals surface area contributed by atoms with Gasteiger partial charge in [0.05, 0.1) is 25.5 Å². The van der Waals surface area contributed by atoms with Crippen molar-refractivity contribution in [1.82, 2.24) is 4.90 Å². The van der Waals surface area contributed by atoms with E-state index in [9.17, 15) is 9.59 Å². The number of methoxy groups -OCH3 is 2. The van der Waals surface area contributed by atoms with Crippen LogP contribution in [0.15, 0.2) is 12.1 Å². The van der Waals surface area contributed by atoms with Crippen molar-refractivity contribution in [2.75, 3.05) is 33.6 Å². The van der Waals surface area contributed by atoms with Crippen LogP contribution in [0.2, 0.25) is 0 Å². The SMILES string of the molecule is COc1cc(NC(=O)C2CCCCC2)c(C(=O)N(C)C)cc1OC. The van der Waals surface area contributed by atoms with Gasteiger partial charge in [0.2, 0.25) is 5.91 Å². The number of nitrogens with one attached hydrogen (secondary N) is 1. The predicted octanol–water partition coefficient (Wildman–Crippen LogP) is 2.92. The molecule has 2 amide bonds. The lowest BCUT2D eigenvalue weighted by Crippen LogP contribution is -2.28. The Hall–Kier alpha value is -2.24. The summed E-state index contributed by atoms with van der Waals surface area (Å²) in [6, 6.07) is 3.26. The lowest BCUT2D eigenvalue weighted by Gasteiger charge is -2.22. The normalized spacial score (nSPS) is 14.8. The first kappa shape index (κ1) is 18.1. The van der Waals surface area contributed by atoms with Crippen LogP contribution in [0.25, 0.3) is 0 Å². The topological polar surface area (TPSA) is 67.9 Å². The van der Waals surface area contributed by atoms with Gasteiger partial charge in [-0.1, -0.05) is 19.3 Å². The van der Waals surface area contributed by atoms with Gasteiger partial charge >= 0.3 is 0 Å². The number of hydrogen-bond acceptors (Lipinski definition) is 4. The molecule has 1 aromatic carbocycles. The van der Waals surface area contributed by atoms with Crippen molar-refractivity contribution in [3.8, 4) is 11.5 Å². The van der Waals surface area contributed by atoms with E-state index in [1.165, 1.54) is 25.5 Å². The van der Waals surface area contributed by atoms with Crippen LogP contribution in [0.3, 0.4) is 0 Å². The predicted molar refractivity (Wildman–Crippen MR) is 92.8 cm³/mol. The molecule has 1 aliphatic carbocycles. The molecule has 0 radical (unpaired) electrons. The zero-order valence-electron chi connectivity index (χ0n) is 14.8. The maximum atomic E-state index is 12.6. The second-order valence-corrected chi connectivity index (χ2v) is 6.28. The Morgan fingerprint density at radius 3 is 2.17 bits per heavy atom. The molecule has 0 heterocycles. The molecule has 0 atom stereocenters. The molecule has 1 aromatic rings. The largest absolute Gasteiger partial charge is 0.493 e. The van der Waals surface area contributed by atoms with E-state index in [1.807, 2.05) is 0 Å².